The zero-order chi connectivity index (χ0) is 18.0. The average Bonchev–Trinajstić information content (AvgIpc) is 2.57. The summed E-state index contributed by atoms with van der Waals surface area (Å²) in [5, 5.41) is 2.54. The molecule has 126 valence electrons. The maximum atomic E-state index is 13.9. The van der Waals surface area contributed by atoms with Crippen LogP contribution in [0, 0.1) is 11.7 Å². The zero-order valence-electron chi connectivity index (χ0n) is 12.6. The van der Waals surface area contributed by atoms with Crippen LogP contribution in [0.4, 0.5) is 20.6 Å². The number of imide groups is 2. The van der Waals surface area contributed by atoms with Gasteiger partial charge in [0.25, 0.3) is 5.91 Å². The predicted octanol–water partition coefficient (Wildman–Crippen LogP) is 3.08. The summed E-state index contributed by atoms with van der Waals surface area (Å²) in [5.74, 6) is -3.81. The number of hydrogen-bond acceptors (Lipinski definition) is 4. The van der Waals surface area contributed by atoms with Crippen molar-refractivity contribution in [2.75, 3.05) is 4.90 Å². The zero-order valence-corrected chi connectivity index (χ0v) is 13.4. The second kappa shape index (κ2) is 6.82. The topological polar surface area (TPSA) is 78.8 Å². The van der Waals surface area contributed by atoms with Gasteiger partial charge in [-0.3, -0.25) is 19.9 Å². The Balaban J connectivity index is 1.90. The summed E-state index contributed by atoms with van der Waals surface area (Å²) in [7, 11) is 0. The van der Waals surface area contributed by atoms with Gasteiger partial charge >= 0.3 is 6.03 Å². The highest BCUT2D eigenvalue weighted by Gasteiger charge is 2.41. The summed E-state index contributed by atoms with van der Waals surface area (Å²) >= 11 is 5.77. The molecule has 0 aromatic heterocycles. The van der Waals surface area contributed by atoms with E-state index in [1.54, 1.807) is 24.3 Å². The first-order valence-electron chi connectivity index (χ1n) is 7.20. The van der Waals surface area contributed by atoms with Crippen molar-refractivity contribution in [1.29, 1.82) is 0 Å². The van der Waals surface area contributed by atoms with E-state index in [2.05, 4.69) is 4.99 Å². The van der Waals surface area contributed by atoms with Gasteiger partial charge in [-0.15, -0.1) is 0 Å². The number of rotatable bonds is 3. The molecule has 2 aromatic rings. The number of urea groups is 1. The fraction of sp³-hybridized carbons (Fsp3) is 0.0588. The molecule has 1 N–H and O–H groups in total. The predicted molar refractivity (Wildman–Crippen MR) is 90.5 cm³/mol. The van der Waals surface area contributed by atoms with Crippen molar-refractivity contribution in [3.05, 3.63) is 59.4 Å². The fourth-order valence-corrected chi connectivity index (χ4v) is 2.40. The lowest BCUT2D eigenvalue weighted by molar-refractivity contribution is -0.131. The molecule has 0 unspecified atom stereocenters. The Morgan fingerprint density at radius 1 is 1.08 bits per heavy atom. The molecule has 0 radical (unpaired) electrons. The van der Waals surface area contributed by atoms with E-state index < -0.39 is 29.6 Å². The molecule has 0 spiro atoms. The number of nitrogens with one attached hydrogen (secondary N) is 1. The molecule has 1 heterocycles. The van der Waals surface area contributed by atoms with Crippen LogP contribution in [0.15, 0.2) is 53.5 Å². The monoisotopic (exact) mass is 359 g/mol. The van der Waals surface area contributed by atoms with E-state index in [9.17, 15) is 18.8 Å². The number of para-hydroxylation sites is 1. The lowest BCUT2D eigenvalue weighted by Gasteiger charge is -2.28. The van der Waals surface area contributed by atoms with Gasteiger partial charge in [0.05, 0.1) is 11.4 Å². The van der Waals surface area contributed by atoms with Crippen LogP contribution < -0.4 is 10.2 Å². The van der Waals surface area contributed by atoms with Gasteiger partial charge in [0.1, 0.15) is 5.82 Å². The van der Waals surface area contributed by atoms with Crippen molar-refractivity contribution in [2.24, 2.45) is 10.9 Å². The van der Waals surface area contributed by atoms with Gasteiger partial charge in [0.15, 0.2) is 5.92 Å². The van der Waals surface area contributed by atoms with Gasteiger partial charge < -0.3 is 0 Å². The first-order valence-corrected chi connectivity index (χ1v) is 7.58. The molecule has 8 heteroatoms. The second-order valence-corrected chi connectivity index (χ2v) is 5.59. The largest absolute Gasteiger partial charge is 0.335 e. The summed E-state index contributed by atoms with van der Waals surface area (Å²) in [6.45, 7) is 0. The van der Waals surface area contributed by atoms with Gasteiger partial charge in [-0.1, -0.05) is 23.7 Å². The Morgan fingerprint density at radius 3 is 2.44 bits per heavy atom. The summed E-state index contributed by atoms with van der Waals surface area (Å²) in [5.41, 5.74) is 0.238. The van der Waals surface area contributed by atoms with Crippen molar-refractivity contribution in [3.8, 4) is 0 Å². The van der Waals surface area contributed by atoms with Crippen LogP contribution in [0.3, 0.4) is 0 Å². The normalized spacial score (nSPS) is 17.9. The third kappa shape index (κ3) is 3.41. The maximum Gasteiger partial charge on any atom is 0.335 e. The smallest absolute Gasteiger partial charge is 0.276 e. The molecule has 0 saturated carbocycles. The minimum atomic E-state index is -1.35. The quantitative estimate of drug-likeness (QED) is 0.675. The molecule has 0 aliphatic carbocycles. The second-order valence-electron chi connectivity index (χ2n) is 5.15. The minimum absolute atomic E-state index is 0.234. The molecule has 6 nitrogen and oxygen atoms in total. The highest BCUT2D eigenvalue weighted by molar-refractivity contribution is 6.32. The van der Waals surface area contributed by atoms with Gasteiger partial charge in [-0.2, -0.15) is 0 Å². The van der Waals surface area contributed by atoms with E-state index in [0.29, 0.717) is 15.6 Å². The van der Waals surface area contributed by atoms with E-state index >= 15 is 0 Å². The number of carbonyl (C=O) groups is 3. The summed E-state index contributed by atoms with van der Waals surface area (Å²) < 4.78 is 13.9. The molecule has 3 rings (SSSR count). The summed E-state index contributed by atoms with van der Waals surface area (Å²) in [6, 6.07) is 10.7. The van der Waals surface area contributed by atoms with Gasteiger partial charge in [-0.05, 0) is 36.4 Å². The number of benzene rings is 2. The van der Waals surface area contributed by atoms with E-state index in [0.717, 1.165) is 12.3 Å². The number of anilines is 1. The van der Waals surface area contributed by atoms with Gasteiger partial charge in [-0.25, -0.2) is 14.1 Å². The summed E-state index contributed by atoms with van der Waals surface area (Å²) in [4.78, 5) is 41.1. The Morgan fingerprint density at radius 2 is 1.76 bits per heavy atom. The molecule has 1 aliphatic heterocycles. The van der Waals surface area contributed by atoms with Crippen LogP contribution in [-0.4, -0.2) is 24.1 Å². The fourth-order valence-electron chi connectivity index (χ4n) is 2.27. The summed E-state index contributed by atoms with van der Waals surface area (Å²) in [6.07, 6.45) is 1.11. The van der Waals surface area contributed by atoms with E-state index in [1.807, 2.05) is 5.32 Å². The molecular weight excluding hydrogens is 349 g/mol. The van der Waals surface area contributed by atoms with Crippen molar-refractivity contribution < 1.29 is 18.8 Å². The molecule has 25 heavy (non-hydrogen) atoms. The number of nitrogens with zero attached hydrogens (tertiary/aromatic N) is 2. The van der Waals surface area contributed by atoms with Crippen LogP contribution in [0.2, 0.25) is 5.02 Å². The van der Waals surface area contributed by atoms with Crippen LogP contribution >= 0.6 is 11.6 Å². The Bertz CT molecular complexity index is 883. The Hall–Kier alpha value is -3.06. The molecule has 4 amide bonds. The van der Waals surface area contributed by atoms with E-state index in [4.69, 9.17) is 11.6 Å². The number of barbiturate groups is 1. The highest BCUT2D eigenvalue weighted by Crippen LogP contribution is 2.23. The minimum Gasteiger partial charge on any atom is -0.276 e. The van der Waals surface area contributed by atoms with Crippen molar-refractivity contribution in [2.45, 2.75) is 0 Å². The first kappa shape index (κ1) is 16.8. The van der Waals surface area contributed by atoms with Gasteiger partial charge in [0.2, 0.25) is 5.91 Å². The molecule has 1 fully saturated rings. The van der Waals surface area contributed by atoms with Crippen molar-refractivity contribution >= 4 is 47.0 Å². The maximum absolute atomic E-state index is 13.9. The average molecular weight is 360 g/mol. The van der Waals surface area contributed by atoms with Crippen molar-refractivity contribution in [3.63, 3.8) is 0 Å². The van der Waals surface area contributed by atoms with Crippen LogP contribution in [-0.2, 0) is 9.59 Å². The molecule has 1 aliphatic rings. The molecule has 1 saturated heterocycles. The van der Waals surface area contributed by atoms with E-state index in [1.165, 1.54) is 18.2 Å². The third-order valence-corrected chi connectivity index (χ3v) is 3.75. The van der Waals surface area contributed by atoms with Gasteiger partial charge in [0, 0.05) is 11.2 Å². The molecule has 0 bridgehead atoms. The number of amides is 4. The molecule has 2 aromatic carbocycles. The molecule has 1 atom stereocenters. The number of hydrogen-bond donors (Lipinski definition) is 1. The lowest BCUT2D eigenvalue weighted by atomic mass is 10.1. The Labute approximate surface area is 146 Å². The standard InChI is InChI=1S/C17H11ClFN3O3/c18-10-5-7-11(8-6-10)20-9-12-15(23)21-17(25)22(16(12)24)14-4-2-1-3-13(14)19/h1-9,12H,(H,21,23,25)/t12-/m0/s1. The Kier molecular flexibility index (Phi) is 4.58. The van der Waals surface area contributed by atoms with Crippen LogP contribution in [0.25, 0.3) is 0 Å². The van der Waals surface area contributed by atoms with Crippen LogP contribution in [0.5, 0.6) is 0 Å². The van der Waals surface area contributed by atoms with E-state index in [-0.39, 0.29) is 5.69 Å². The SMILES string of the molecule is O=C1NC(=O)N(c2ccccc2F)C(=O)[C@H]1C=Nc1ccc(Cl)cc1. The lowest BCUT2D eigenvalue weighted by Crippen LogP contribution is -2.58. The third-order valence-electron chi connectivity index (χ3n) is 3.49. The van der Waals surface area contributed by atoms with Crippen molar-refractivity contribution in [1.82, 2.24) is 5.32 Å². The highest BCUT2D eigenvalue weighted by atomic mass is 35.5. The van der Waals surface area contributed by atoms with Crippen LogP contribution in [0.1, 0.15) is 0 Å². The first-order chi connectivity index (χ1) is 12.0. The number of halogens is 2. The molecular formula is C17H11ClFN3O3. The number of aliphatic imine (C=N–C) groups is 1. The number of carbonyl (C=O) groups excluding carboxylic acids is 3.